The van der Waals surface area contributed by atoms with Gasteiger partial charge in [0, 0.05) is 25.5 Å². The number of rotatable bonds is 9. The second kappa shape index (κ2) is 10.8. The van der Waals surface area contributed by atoms with Gasteiger partial charge in [0.2, 0.25) is 0 Å². The van der Waals surface area contributed by atoms with Crippen LogP contribution < -0.4 is 10.6 Å². The fraction of sp³-hybridized carbons (Fsp3) is 0.417. The van der Waals surface area contributed by atoms with Crippen LogP contribution in [0.4, 0.5) is 0 Å². The van der Waals surface area contributed by atoms with Crippen LogP contribution in [0.3, 0.4) is 0 Å². The van der Waals surface area contributed by atoms with Crippen molar-refractivity contribution < 1.29 is 4.42 Å². The molecule has 0 amide bonds. The SMILES string of the molecule is CCNC(=NCc1ccccc1Cn1cccn1)NCC(c1ccco1)N1CCCC1. The van der Waals surface area contributed by atoms with Crippen LogP contribution >= 0.6 is 0 Å². The number of nitrogens with one attached hydrogen (secondary N) is 2. The zero-order valence-corrected chi connectivity index (χ0v) is 18.2. The maximum Gasteiger partial charge on any atom is 0.191 e. The van der Waals surface area contributed by atoms with Crippen molar-refractivity contribution in [1.82, 2.24) is 25.3 Å². The lowest BCUT2D eigenvalue weighted by Crippen LogP contribution is -2.42. The molecule has 0 radical (unpaired) electrons. The van der Waals surface area contributed by atoms with Gasteiger partial charge in [-0.15, -0.1) is 0 Å². The summed E-state index contributed by atoms with van der Waals surface area (Å²) in [5.41, 5.74) is 2.44. The zero-order valence-electron chi connectivity index (χ0n) is 18.2. The lowest BCUT2D eigenvalue weighted by Gasteiger charge is -2.26. The Morgan fingerprint density at radius 2 is 1.94 bits per heavy atom. The lowest BCUT2D eigenvalue weighted by atomic mass is 10.1. The van der Waals surface area contributed by atoms with Gasteiger partial charge in [-0.3, -0.25) is 9.58 Å². The van der Waals surface area contributed by atoms with E-state index in [4.69, 9.17) is 9.41 Å². The van der Waals surface area contributed by atoms with Gasteiger partial charge in [0.05, 0.1) is 25.4 Å². The Labute approximate surface area is 184 Å². The molecule has 7 heteroatoms. The molecule has 1 aliphatic rings. The zero-order chi connectivity index (χ0) is 21.3. The summed E-state index contributed by atoms with van der Waals surface area (Å²) in [5.74, 6) is 1.84. The molecule has 0 spiro atoms. The quantitative estimate of drug-likeness (QED) is 0.410. The molecule has 3 aromatic rings. The Balaban J connectivity index is 1.44. The van der Waals surface area contributed by atoms with Gasteiger partial charge in [0.1, 0.15) is 5.76 Å². The van der Waals surface area contributed by atoms with Gasteiger partial charge in [-0.2, -0.15) is 5.10 Å². The van der Waals surface area contributed by atoms with Gasteiger partial charge in [0.25, 0.3) is 0 Å². The van der Waals surface area contributed by atoms with Crippen molar-refractivity contribution in [2.24, 2.45) is 4.99 Å². The van der Waals surface area contributed by atoms with E-state index >= 15 is 0 Å². The lowest BCUT2D eigenvalue weighted by molar-refractivity contribution is 0.215. The van der Waals surface area contributed by atoms with E-state index in [1.807, 2.05) is 29.2 Å². The molecule has 7 nitrogen and oxygen atoms in total. The standard InChI is InChI=1S/C24H32N6O/c1-2-25-24(27-18-22(23-11-7-16-31-23)29-13-5-6-14-29)26-17-20-9-3-4-10-21(20)19-30-15-8-12-28-30/h3-4,7-12,15-16,22H,2,5-6,13-14,17-19H2,1H3,(H2,25,26,27). The minimum Gasteiger partial charge on any atom is -0.468 e. The van der Waals surface area contributed by atoms with Crippen molar-refractivity contribution in [2.45, 2.75) is 38.9 Å². The number of nitrogens with zero attached hydrogens (tertiary/aromatic N) is 4. The Kier molecular flexibility index (Phi) is 7.39. The number of hydrogen-bond donors (Lipinski definition) is 2. The Morgan fingerprint density at radius 1 is 1.10 bits per heavy atom. The molecule has 1 saturated heterocycles. The topological polar surface area (TPSA) is 70.6 Å². The largest absolute Gasteiger partial charge is 0.468 e. The van der Waals surface area contributed by atoms with Crippen LogP contribution in [0.25, 0.3) is 0 Å². The van der Waals surface area contributed by atoms with Gasteiger partial charge in [-0.25, -0.2) is 4.99 Å². The van der Waals surface area contributed by atoms with Crippen LogP contribution in [0.2, 0.25) is 0 Å². The normalized spacial score (nSPS) is 15.8. The Morgan fingerprint density at radius 3 is 2.65 bits per heavy atom. The molecule has 0 saturated carbocycles. The minimum absolute atomic E-state index is 0.216. The third kappa shape index (κ3) is 5.76. The van der Waals surface area contributed by atoms with Crippen LogP contribution in [-0.2, 0) is 13.1 Å². The smallest absolute Gasteiger partial charge is 0.191 e. The monoisotopic (exact) mass is 420 g/mol. The van der Waals surface area contributed by atoms with Crippen molar-refractivity contribution in [3.05, 3.63) is 78.0 Å². The highest BCUT2D eigenvalue weighted by Gasteiger charge is 2.25. The third-order valence-corrected chi connectivity index (χ3v) is 5.68. The molecule has 0 bridgehead atoms. The van der Waals surface area contributed by atoms with Crippen LogP contribution in [0.15, 0.2) is 70.5 Å². The first-order chi connectivity index (χ1) is 15.3. The number of aliphatic imine (C=N–C) groups is 1. The van der Waals surface area contributed by atoms with E-state index in [0.29, 0.717) is 6.54 Å². The van der Waals surface area contributed by atoms with Crippen LogP contribution in [0.1, 0.15) is 42.7 Å². The molecule has 164 valence electrons. The molecule has 1 unspecified atom stereocenters. The van der Waals surface area contributed by atoms with Gasteiger partial charge in [0.15, 0.2) is 5.96 Å². The number of benzene rings is 1. The van der Waals surface area contributed by atoms with Crippen LogP contribution in [-0.4, -0.2) is 46.8 Å². The highest BCUT2D eigenvalue weighted by molar-refractivity contribution is 5.79. The first-order valence-electron chi connectivity index (χ1n) is 11.2. The number of guanidine groups is 1. The molecule has 2 N–H and O–H groups in total. The summed E-state index contributed by atoms with van der Waals surface area (Å²) in [6.07, 6.45) is 8.05. The van der Waals surface area contributed by atoms with Crippen molar-refractivity contribution >= 4 is 5.96 Å². The summed E-state index contributed by atoms with van der Waals surface area (Å²) in [6.45, 7) is 7.25. The molecule has 1 aromatic carbocycles. The Bertz CT molecular complexity index is 929. The molecule has 1 atom stereocenters. The summed E-state index contributed by atoms with van der Waals surface area (Å²) in [6, 6.07) is 14.6. The van der Waals surface area contributed by atoms with E-state index in [1.54, 1.807) is 6.26 Å². The number of likely N-dealkylation sites (tertiary alicyclic amines) is 1. The van der Waals surface area contributed by atoms with E-state index in [1.165, 1.54) is 24.0 Å². The highest BCUT2D eigenvalue weighted by Crippen LogP contribution is 2.24. The summed E-state index contributed by atoms with van der Waals surface area (Å²) in [4.78, 5) is 7.36. The minimum atomic E-state index is 0.216. The predicted molar refractivity (Wildman–Crippen MR) is 123 cm³/mol. The van der Waals surface area contributed by atoms with Crippen molar-refractivity contribution in [2.75, 3.05) is 26.2 Å². The van der Waals surface area contributed by atoms with E-state index in [-0.39, 0.29) is 6.04 Å². The summed E-state index contributed by atoms with van der Waals surface area (Å²) >= 11 is 0. The van der Waals surface area contributed by atoms with E-state index in [9.17, 15) is 0 Å². The maximum absolute atomic E-state index is 5.75. The average molecular weight is 421 g/mol. The van der Waals surface area contributed by atoms with Crippen molar-refractivity contribution in [1.29, 1.82) is 0 Å². The van der Waals surface area contributed by atoms with Gasteiger partial charge in [-0.05, 0) is 62.2 Å². The molecule has 1 fully saturated rings. The van der Waals surface area contributed by atoms with E-state index in [2.05, 4.69) is 57.9 Å². The molecule has 4 rings (SSSR count). The molecular formula is C24H32N6O. The molecule has 3 heterocycles. The highest BCUT2D eigenvalue weighted by atomic mass is 16.3. The second-order valence-corrected chi connectivity index (χ2v) is 7.82. The summed E-state index contributed by atoms with van der Waals surface area (Å²) in [5, 5.41) is 11.3. The number of furan rings is 1. The van der Waals surface area contributed by atoms with Crippen molar-refractivity contribution in [3.63, 3.8) is 0 Å². The fourth-order valence-electron chi connectivity index (χ4n) is 4.08. The molecule has 1 aliphatic heterocycles. The van der Waals surface area contributed by atoms with Crippen LogP contribution in [0.5, 0.6) is 0 Å². The average Bonchev–Trinajstić information content (AvgIpc) is 3.57. The van der Waals surface area contributed by atoms with Gasteiger partial charge in [-0.1, -0.05) is 24.3 Å². The van der Waals surface area contributed by atoms with Gasteiger partial charge < -0.3 is 15.1 Å². The van der Waals surface area contributed by atoms with Crippen LogP contribution in [0, 0.1) is 0 Å². The molecule has 0 aliphatic carbocycles. The van der Waals surface area contributed by atoms with Crippen molar-refractivity contribution in [3.8, 4) is 0 Å². The summed E-state index contributed by atoms with van der Waals surface area (Å²) < 4.78 is 7.69. The van der Waals surface area contributed by atoms with Gasteiger partial charge >= 0.3 is 0 Å². The Hall–Kier alpha value is -3.06. The molecule has 31 heavy (non-hydrogen) atoms. The third-order valence-electron chi connectivity index (χ3n) is 5.68. The fourth-order valence-corrected chi connectivity index (χ4v) is 4.08. The predicted octanol–water partition coefficient (Wildman–Crippen LogP) is 3.42. The molecular weight excluding hydrogens is 388 g/mol. The number of hydrogen-bond acceptors (Lipinski definition) is 4. The first kappa shape index (κ1) is 21.2. The first-order valence-corrected chi connectivity index (χ1v) is 11.2. The van der Waals surface area contributed by atoms with E-state index < -0.39 is 0 Å². The van der Waals surface area contributed by atoms with E-state index in [0.717, 1.165) is 44.4 Å². The number of aromatic nitrogens is 2. The molecule has 2 aromatic heterocycles. The summed E-state index contributed by atoms with van der Waals surface area (Å²) in [7, 11) is 0. The second-order valence-electron chi connectivity index (χ2n) is 7.82. The maximum atomic E-state index is 5.75.